The summed E-state index contributed by atoms with van der Waals surface area (Å²) in [5.41, 5.74) is 13.0. The molecule has 0 aromatic heterocycles. The number of aryl methyl sites for hydroxylation is 1. The largest absolute Gasteiger partial charge is 0.0622 e. The van der Waals surface area contributed by atoms with Gasteiger partial charge in [0.2, 0.25) is 0 Å². The summed E-state index contributed by atoms with van der Waals surface area (Å²) in [6.45, 7) is 11.4. The van der Waals surface area contributed by atoms with Crippen LogP contribution in [0.3, 0.4) is 0 Å². The highest BCUT2D eigenvalue weighted by molar-refractivity contribution is 5.63. The van der Waals surface area contributed by atoms with Gasteiger partial charge in [0.15, 0.2) is 0 Å². The number of hydrogen-bond acceptors (Lipinski definition) is 0. The van der Waals surface area contributed by atoms with Crippen molar-refractivity contribution in [1.82, 2.24) is 0 Å². The van der Waals surface area contributed by atoms with Gasteiger partial charge >= 0.3 is 0 Å². The van der Waals surface area contributed by atoms with Crippen LogP contribution in [0.2, 0.25) is 0 Å². The first-order valence-corrected chi connectivity index (χ1v) is 9.69. The van der Waals surface area contributed by atoms with Crippen molar-refractivity contribution in [2.45, 2.75) is 53.9 Å². The van der Waals surface area contributed by atoms with Gasteiger partial charge in [-0.05, 0) is 104 Å². The monoisotopic (exact) mass is 342 g/mol. The van der Waals surface area contributed by atoms with E-state index in [-0.39, 0.29) is 0 Å². The van der Waals surface area contributed by atoms with E-state index >= 15 is 0 Å². The summed E-state index contributed by atoms with van der Waals surface area (Å²) in [5, 5.41) is 0. The molecule has 0 spiro atoms. The third-order valence-electron chi connectivity index (χ3n) is 6.11. The van der Waals surface area contributed by atoms with Crippen LogP contribution in [0.15, 0.2) is 54.6 Å². The minimum Gasteiger partial charge on any atom is -0.0622 e. The maximum atomic E-state index is 2.29. The molecule has 0 heteroatoms. The first-order valence-electron chi connectivity index (χ1n) is 9.69. The van der Waals surface area contributed by atoms with Crippen molar-refractivity contribution in [3.8, 4) is 11.1 Å². The molecular formula is C26H30. The van der Waals surface area contributed by atoms with Crippen molar-refractivity contribution < 1.29 is 0 Å². The lowest BCUT2D eigenvalue weighted by Gasteiger charge is -2.18. The lowest BCUT2D eigenvalue weighted by molar-refractivity contribution is 0.807. The summed E-state index contributed by atoms with van der Waals surface area (Å²) in [4.78, 5) is 0. The Morgan fingerprint density at radius 3 is 1.58 bits per heavy atom. The second-order valence-electron chi connectivity index (χ2n) is 7.52. The number of hydrogen-bond donors (Lipinski definition) is 0. The van der Waals surface area contributed by atoms with Crippen LogP contribution in [0.4, 0.5) is 0 Å². The molecule has 3 rings (SSSR count). The molecule has 26 heavy (non-hydrogen) atoms. The molecule has 0 heterocycles. The third-order valence-corrected chi connectivity index (χ3v) is 6.11. The predicted octanol–water partition coefficient (Wildman–Crippen LogP) is 7.07. The summed E-state index contributed by atoms with van der Waals surface area (Å²) in [5.74, 6) is 0. The zero-order valence-electron chi connectivity index (χ0n) is 16.8. The summed E-state index contributed by atoms with van der Waals surface area (Å²) in [6.07, 6.45) is 3.51. The molecule has 0 amide bonds. The molecule has 0 fully saturated rings. The molecule has 0 radical (unpaired) electrons. The van der Waals surface area contributed by atoms with Crippen molar-refractivity contribution >= 4 is 0 Å². The maximum absolute atomic E-state index is 2.29. The van der Waals surface area contributed by atoms with Crippen molar-refractivity contribution in [2.24, 2.45) is 0 Å². The van der Waals surface area contributed by atoms with Crippen molar-refractivity contribution in [3.05, 3.63) is 93.5 Å². The standard InChI is InChI=1S/C26H30/c1-18-19(2)21(4)26(22(5)20(18)3)13-9-10-23-14-16-25(17-15-23)24-11-7-6-8-12-24/h6-8,11-12,14-17H,9-10,13H2,1-5H3. The van der Waals surface area contributed by atoms with E-state index in [2.05, 4.69) is 89.2 Å². The molecular weight excluding hydrogens is 312 g/mol. The Balaban J connectivity index is 1.68. The van der Waals surface area contributed by atoms with Gasteiger partial charge in [0.1, 0.15) is 0 Å². The Bertz CT molecular complexity index is 855. The fourth-order valence-corrected chi connectivity index (χ4v) is 3.92. The Hall–Kier alpha value is -2.34. The highest BCUT2D eigenvalue weighted by Crippen LogP contribution is 2.27. The molecule has 0 aliphatic carbocycles. The molecule has 3 aromatic carbocycles. The average molecular weight is 343 g/mol. The highest BCUT2D eigenvalue weighted by Gasteiger charge is 2.11. The maximum Gasteiger partial charge on any atom is -0.0184 e. The fourth-order valence-electron chi connectivity index (χ4n) is 3.92. The molecule has 0 atom stereocenters. The molecule has 134 valence electrons. The van der Waals surface area contributed by atoms with Crippen molar-refractivity contribution in [2.75, 3.05) is 0 Å². The van der Waals surface area contributed by atoms with Crippen LogP contribution < -0.4 is 0 Å². The number of benzene rings is 3. The van der Waals surface area contributed by atoms with Gasteiger partial charge in [0.05, 0.1) is 0 Å². The first kappa shape index (κ1) is 18.5. The van der Waals surface area contributed by atoms with E-state index in [0.717, 1.165) is 6.42 Å². The van der Waals surface area contributed by atoms with Crippen LogP contribution in [0.5, 0.6) is 0 Å². The van der Waals surface area contributed by atoms with Gasteiger partial charge in [0.25, 0.3) is 0 Å². The van der Waals surface area contributed by atoms with Gasteiger partial charge in [-0.2, -0.15) is 0 Å². The van der Waals surface area contributed by atoms with Crippen LogP contribution in [0, 0.1) is 34.6 Å². The zero-order valence-corrected chi connectivity index (χ0v) is 16.8. The Kier molecular flexibility index (Phi) is 5.61. The third kappa shape index (κ3) is 3.75. The van der Waals surface area contributed by atoms with Gasteiger partial charge in [-0.1, -0.05) is 54.6 Å². The topological polar surface area (TPSA) is 0 Å². The SMILES string of the molecule is Cc1c(C)c(C)c(CCCc2ccc(-c3ccccc3)cc2)c(C)c1C. The quantitative estimate of drug-likeness (QED) is 0.465. The minimum atomic E-state index is 1.14. The van der Waals surface area contributed by atoms with Crippen LogP contribution >= 0.6 is 0 Å². The lowest BCUT2D eigenvalue weighted by atomic mass is 9.87. The van der Waals surface area contributed by atoms with E-state index in [4.69, 9.17) is 0 Å². The molecule has 0 unspecified atom stereocenters. The summed E-state index contributed by atoms with van der Waals surface area (Å²) in [7, 11) is 0. The van der Waals surface area contributed by atoms with Crippen molar-refractivity contribution in [3.63, 3.8) is 0 Å². The second-order valence-corrected chi connectivity index (χ2v) is 7.52. The number of rotatable bonds is 5. The normalized spacial score (nSPS) is 11.0. The van der Waals surface area contributed by atoms with Gasteiger partial charge in [-0.3, -0.25) is 0 Å². The van der Waals surface area contributed by atoms with Gasteiger partial charge in [0, 0.05) is 0 Å². The first-order chi connectivity index (χ1) is 12.5. The van der Waals surface area contributed by atoms with E-state index in [1.807, 2.05) is 0 Å². The summed E-state index contributed by atoms with van der Waals surface area (Å²) in [6, 6.07) is 19.7. The minimum absolute atomic E-state index is 1.14. The van der Waals surface area contributed by atoms with E-state index in [9.17, 15) is 0 Å². The molecule has 0 saturated carbocycles. The van der Waals surface area contributed by atoms with Gasteiger partial charge in [-0.15, -0.1) is 0 Å². The smallest absolute Gasteiger partial charge is 0.0184 e. The van der Waals surface area contributed by atoms with Crippen LogP contribution in [0.25, 0.3) is 11.1 Å². The molecule has 0 aliphatic rings. The fraction of sp³-hybridized carbons (Fsp3) is 0.308. The molecule has 0 saturated heterocycles. The lowest BCUT2D eigenvalue weighted by Crippen LogP contribution is -2.03. The van der Waals surface area contributed by atoms with Gasteiger partial charge in [-0.25, -0.2) is 0 Å². The molecule has 0 nitrogen and oxygen atoms in total. The molecule has 0 aliphatic heterocycles. The molecule has 3 aromatic rings. The van der Waals surface area contributed by atoms with E-state index in [0.29, 0.717) is 0 Å². The van der Waals surface area contributed by atoms with E-state index in [1.165, 1.54) is 57.3 Å². The highest BCUT2D eigenvalue weighted by atomic mass is 14.2. The molecule has 0 N–H and O–H groups in total. The second kappa shape index (κ2) is 7.91. The summed E-state index contributed by atoms with van der Waals surface area (Å²) >= 11 is 0. The van der Waals surface area contributed by atoms with Gasteiger partial charge < -0.3 is 0 Å². The van der Waals surface area contributed by atoms with Crippen molar-refractivity contribution in [1.29, 1.82) is 0 Å². The van der Waals surface area contributed by atoms with Crippen LogP contribution in [0.1, 0.15) is 45.4 Å². The Morgan fingerprint density at radius 1 is 0.500 bits per heavy atom. The Morgan fingerprint density at radius 2 is 1.00 bits per heavy atom. The zero-order chi connectivity index (χ0) is 18.7. The van der Waals surface area contributed by atoms with E-state index in [1.54, 1.807) is 5.56 Å². The van der Waals surface area contributed by atoms with Crippen LogP contribution in [-0.4, -0.2) is 0 Å². The molecule has 0 bridgehead atoms. The average Bonchev–Trinajstić information content (AvgIpc) is 2.68. The summed E-state index contributed by atoms with van der Waals surface area (Å²) < 4.78 is 0. The Labute approximate surface area is 158 Å². The van der Waals surface area contributed by atoms with E-state index < -0.39 is 0 Å². The predicted molar refractivity (Wildman–Crippen MR) is 114 cm³/mol. The van der Waals surface area contributed by atoms with Crippen LogP contribution in [-0.2, 0) is 12.8 Å².